The highest BCUT2D eigenvalue weighted by molar-refractivity contribution is 4.93. The maximum Gasteiger partial charge on any atom is 0.228 e. The number of hydrogen-bond acceptors (Lipinski definition) is 4. The number of likely N-dealkylation sites (N-methyl/N-ethyl adjacent to an activating group) is 1. The summed E-state index contributed by atoms with van der Waals surface area (Å²) in [6, 6.07) is 0.440. The van der Waals surface area contributed by atoms with Gasteiger partial charge in [-0.3, -0.25) is 0 Å². The van der Waals surface area contributed by atoms with E-state index in [-0.39, 0.29) is 0 Å². The molecule has 0 spiro atoms. The lowest BCUT2D eigenvalue weighted by atomic mass is 10.1. The number of nitrogens with zero attached hydrogens (tertiary/aromatic N) is 2. The van der Waals surface area contributed by atoms with E-state index in [1.54, 1.807) is 0 Å². The molecule has 1 aromatic heterocycles. The average Bonchev–Trinajstić information content (AvgIpc) is 2.65. The third-order valence-corrected chi connectivity index (χ3v) is 2.41. The Morgan fingerprint density at radius 2 is 2.07 bits per heavy atom. The summed E-state index contributed by atoms with van der Waals surface area (Å²) in [6.45, 7) is 9.37. The number of aromatic nitrogens is 2. The van der Waals surface area contributed by atoms with Crippen LogP contribution in [0.25, 0.3) is 0 Å². The lowest BCUT2D eigenvalue weighted by molar-refractivity contribution is 0.350. The van der Waals surface area contributed by atoms with Crippen molar-refractivity contribution in [3.63, 3.8) is 0 Å². The van der Waals surface area contributed by atoms with Crippen LogP contribution in [0.1, 0.15) is 51.7 Å². The molecule has 1 rings (SSSR count). The van der Waals surface area contributed by atoms with Gasteiger partial charge in [0.15, 0.2) is 5.82 Å². The number of hydrogen-bond donors (Lipinski definition) is 1. The van der Waals surface area contributed by atoms with Crippen LogP contribution in [-0.4, -0.2) is 22.7 Å². The smallest absolute Gasteiger partial charge is 0.228 e. The Balaban J connectivity index is 2.55. The predicted octanol–water partition coefficient (Wildman–Crippen LogP) is 2.12. The van der Waals surface area contributed by atoms with Crippen LogP contribution in [0.4, 0.5) is 0 Å². The van der Waals surface area contributed by atoms with Crippen LogP contribution in [0.15, 0.2) is 4.52 Å². The van der Waals surface area contributed by atoms with Crippen LogP contribution in [-0.2, 0) is 6.42 Å². The number of nitrogens with one attached hydrogen (secondary N) is 1. The van der Waals surface area contributed by atoms with Crippen molar-refractivity contribution in [2.75, 3.05) is 6.54 Å². The molecule has 1 aromatic rings. The summed E-state index contributed by atoms with van der Waals surface area (Å²) >= 11 is 0. The van der Waals surface area contributed by atoms with Gasteiger partial charge in [-0.25, -0.2) is 0 Å². The third-order valence-electron chi connectivity index (χ3n) is 2.41. The van der Waals surface area contributed by atoms with E-state index in [1.165, 1.54) is 0 Å². The summed E-state index contributed by atoms with van der Waals surface area (Å²) in [5.74, 6) is 1.88. The van der Waals surface area contributed by atoms with Crippen LogP contribution in [0, 0.1) is 0 Å². The molecule has 4 heteroatoms. The summed E-state index contributed by atoms with van der Waals surface area (Å²) in [5, 5.41) is 7.34. The second kappa shape index (κ2) is 5.85. The molecule has 0 aliphatic carbocycles. The normalized spacial score (nSPS) is 13.4. The Labute approximate surface area is 91.5 Å². The monoisotopic (exact) mass is 211 g/mol. The first kappa shape index (κ1) is 12.2. The van der Waals surface area contributed by atoms with E-state index in [0.717, 1.165) is 31.1 Å². The fourth-order valence-electron chi connectivity index (χ4n) is 1.45. The summed E-state index contributed by atoms with van der Waals surface area (Å²) in [4.78, 5) is 4.36. The topological polar surface area (TPSA) is 51.0 Å². The first-order valence-electron chi connectivity index (χ1n) is 5.73. The zero-order chi connectivity index (χ0) is 11.3. The molecule has 0 saturated carbocycles. The molecule has 1 unspecified atom stereocenters. The molecule has 4 nitrogen and oxygen atoms in total. The maximum absolute atomic E-state index is 5.20. The van der Waals surface area contributed by atoms with Gasteiger partial charge in [0, 0.05) is 18.4 Å². The van der Waals surface area contributed by atoms with Crippen LogP contribution in [0.3, 0.4) is 0 Å². The minimum Gasteiger partial charge on any atom is -0.339 e. The van der Waals surface area contributed by atoms with Crippen molar-refractivity contribution >= 4 is 0 Å². The van der Waals surface area contributed by atoms with Gasteiger partial charge in [-0.2, -0.15) is 4.98 Å². The van der Waals surface area contributed by atoms with Gasteiger partial charge in [0.05, 0.1) is 0 Å². The van der Waals surface area contributed by atoms with Crippen molar-refractivity contribution in [3.8, 4) is 0 Å². The predicted molar refractivity (Wildman–Crippen MR) is 59.8 cm³/mol. The molecule has 86 valence electrons. The van der Waals surface area contributed by atoms with Gasteiger partial charge in [-0.05, 0) is 13.0 Å². The largest absolute Gasteiger partial charge is 0.339 e. The standard InChI is InChI=1S/C11H21N3O/c1-5-9(12-6-2)7-10-13-11(8(3)4)14-15-10/h8-9,12H,5-7H2,1-4H3. The molecule has 0 aliphatic heterocycles. The van der Waals surface area contributed by atoms with Crippen molar-refractivity contribution in [2.45, 2.75) is 52.5 Å². The minimum absolute atomic E-state index is 0.335. The van der Waals surface area contributed by atoms with Crippen LogP contribution >= 0.6 is 0 Å². The average molecular weight is 211 g/mol. The zero-order valence-electron chi connectivity index (χ0n) is 10.1. The molecular weight excluding hydrogens is 190 g/mol. The van der Waals surface area contributed by atoms with E-state index in [9.17, 15) is 0 Å². The second-order valence-electron chi connectivity index (χ2n) is 4.07. The van der Waals surface area contributed by atoms with Crippen molar-refractivity contribution in [2.24, 2.45) is 0 Å². The summed E-state index contributed by atoms with van der Waals surface area (Å²) in [7, 11) is 0. The van der Waals surface area contributed by atoms with Crippen molar-refractivity contribution < 1.29 is 4.52 Å². The summed E-state index contributed by atoms with van der Waals surface area (Å²) in [6.07, 6.45) is 1.90. The quantitative estimate of drug-likeness (QED) is 0.783. The van der Waals surface area contributed by atoms with E-state index < -0.39 is 0 Å². The molecule has 0 amide bonds. The van der Waals surface area contributed by atoms with Crippen LogP contribution in [0.2, 0.25) is 0 Å². The molecule has 1 atom stereocenters. The Morgan fingerprint density at radius 1 is 1.33 bits per heavy atom. The SMILES string of the molecule is CCNC(CC)Cc1nc(C(C)C)no1. The molecule has 0 aromatic carbocycles. The van der Waals surface area contributed by atoms with Gasteiger partial charge in [-0.1, -0.05) is 32.9 Å². The van der Waals surface area contributed by atoms with Gasteiger partial charge >= 0.3 is 0 Å². The van der Waals surface area contributed by atoms with E-state index in [0.29, 0.717) is 12.0 Å². The molecule has 0 radical (unpaired) electrons. The van der Waals surface area contributed by atoms with E-state index in [2.05, 4.69) is 43.2 Å². The van der Waals surface area contributed by atoms with Crippen molar-refractivity contribution in [1.82, 2.24) is 15.5 Å². The van der Waals surface area contributed by atoms with Gasteiger partial charge in [0.1, 0.15) is 0 Å². The van der Waals surface area contributed by atoms with E-state index >= 15 is 0 Å². The molecule has 0 aliphatic rings. The Bertz CT molecular complexity index is 283. The van der Waals surface area contributed by atoms with Crippen LogP contribution < -0.4 is 5.32 Å². The lowest BCUT2D eigenvalue weighted by Gasteiger charge is -2.12. The summed E-state index contributed by atoms with van der Waals surface area (Å²) < 4.78 is 5.20. The molecule has 1 heterocycles. The Morgan fingerprint density at radius 3 is 2.53 bits per heavy atom. The molecular formula is C11H21N3O. The van der Waals surface area contributed by atoms with Gasteiger partial charge in [0.25, 0.3) is 0 Å². The molecule has 0 fully saturated rings. The fraction of sp³-hybridized carbons (Fsp3) is 0.818. The van der Waals surface area contributed by atoms with Crippen molar-refractivity contribution in [3.05, 3.63) is 11.7 Å². The fourth-order valence-corrected chi connectivity index (χ4v) is 1.45. The molecule has 15 heavy (non-hydrogen) atoms. The first-order valence-corrected chi connectivity index (χ1v) is 5.73. The number of rotatable bonds is 6. The third kappa shape index (κ3) is 3.63. The highest BCUT2D eigenvalue weighted by Gasteiger charge is 2.13. The molecule has 0 bridgehead atoms. The van der Waals surface area contributed by atoms with E-state index in [4.69, 9.17) is 4.52 Å². The van der Waals surface area contributed by atoms with Gasteiger partial charge in [0.2, 0.25) is 5.89 Å². The first-order chi connectivity index (χ1) is 7.17. The molecule has 1 N–H and O–H groups in total. The van der Waals surface area contributed by atoms with Crippen molar-refractivity contribution in [1.29, 1.82) is 0 Å². The lowest BCUT2D eigenvalue weighted by Crippen LogP contribution is -2.30. The van der Waals surface area contributed by atoms with Crippen LogP contribution in [0.5, 0.6) is 0 Å². The summed E-state index contributed by atoms with van der Waals surface area (Å²) in [5.41, 5.74) is 0. The Kier molecular flexibility index (Phi) is 4.75. The highest BCUT2D eigenvalue weighted by Crippen LogP contribution is 2.11. The highest BCUT2D eigenvalue weighted by atomic mass is 16.5. The van der Waals surface area contributed by atoms with Gasteiger partial charge in [-0.15, -0.1) is 0 Å². The zero-order valence-corrected chi connectivity index (χ0v) is 10.1. The second-order valence-corrected chi connectivity index (χ2v) is 4.07. The Hall–Kier alpha value is -0.900. The van der Waals surface area contributed by atoms with E-state index in [1.807, 2.05) is 0 Å². The maximum atomic E-state index is 5.20. The van der Waals surface area contributed by atoms with Gasteiger partial charge < -0.3 is 9.84 Å². The minimum atomic E-state index is 0.335. The molecule has 0 saturated heterocycles.